The molecule has 0 aromatic carbocycles. The van der Waals surface area contributed by atoms with Crippen LogP contribution in [0.15, 0.2) is 23.5 Å². The Hall–Kier alpha value is -1.00. The third kappa shape index (κ3) is 8.06. The van der Waals surface area contributed by atoms with Crippen LogP contribution in [0.5, 0.6) is 0 Å². The third-order valence-electron chi connectivity index (χ3n) is 11.0. The van der Waals surface area contributed by atoms with Crippen LogP contribution in [0.2, 0.25) is 0 Å². The Morgan fingerprint density at radius 1 is 0.974 bits per heavy atom. The number of carbonyl (C=O) groups excluding carboxylic acids is 1. The van der Waals surface area contributed by atoms with Crippen molar-refractivity contribution in [2.45, 2.75) is 128 Å². The molecule has 4 fully saturated rings. The standard InChI is InChI=1S/C34H55ClN2O2/c1-34(2)24-37(20-19-31(34)28-13-15-29(35)16-14-28)33(38)32(36-22-26-7-3-4-8-26)21-25-11-17-30(18-12-25)39-23-27-9-5-6-10-27/h11,17,26-29,31-32,36H,3-10,12-16,18-24H2,1-2H3/t28?,29?,31?,32-/m1/s1. The number of hydrogen-bond donors (Lipinski definition) is 1. The molecule has 4 nitrogen and oxygen atoms in total. The summed E-state index contributed by atoms with van der Waals surface area (Å²) >= 11 is 6.42. The lowest BCUT2D eigenvalue weighted by Crippen LogP contribution is -2.55. The number of ether oxygens (including phenoxy) is 1. The second kappa shape index (κ2) is 13.8. The van der Waals surface area contributed by atoms with E-state index in [1.54, 1.807) is 0 Å². The monoisotopic (exact) mass is 558 g/mol. The normalized spacial score (nSPS) is 31.2. The minimum absolute atomic E-state index is 0.106. The molecule has 1 unspecified atom stereocenters. The molecular weight excluding hydrogens is 504 g/mol. The SMILES string of the molecule is CC1(C)CN(C(=O)[C@@H](CC2=CC=C(OCC3CCCC3)CC2)NCC2CCCC2)CCC1C1CCC(Cl)CC1. The summed E-state index contributed by atoms with van der Waals surface area (Å²) in [6, 6.07) is -0.106. The van der Waals surface area contributed by atoms with Gasteiger partial charge in [0.1, 0.15) is 0 Å². The van der Waals surface area contributed by atoms with Crippen LogP contribution in [-0.2, 0) is 9.53 Å². The van der Waals surface area contributed by atoms with E-state index in [1.807, 2.05) is 0 Å². The summed E-state index contributed by atoms with van der Waals surface area (Å²) in [4.78, 5) is 16.3. The Morgan fingerprint density at radius 3 is 2.31 bits per heavy atom. The molecule has 5 heteroatoms. The summed E-state index contributed by atoms with van der Waals surface area (Å²) in [5.74, 6) is 4.42. The number of hydrogen-bond acceptors (Lipinski definition) is 3. The van der Waals surface area contributed by atoms with Gasteiger partial charge in [-0.05, 0) is 112 Å². The molecule has 1 aliphatic heterocycles. The van der Waals surface area contributed by atoms with Gasteiger partial charge in [-0.15, -0.1) is 11.6 Å². The number of alkyl halides is 1. The Kier molecular flexibility index (Phi) is 10.4. The van der Waals surface area contributed by atoms with E-state index in [-0.39, 0.29) is 11.5 Å². The number of carbonyl (C=O) groups is 1. The molecule has 3 saturated carbocycles. The van der Waals surface area contributed by atoms with Gasteiger partial charge in [0.25, 0.3) is 0 Å². The van der Waals surface area contributed by atoms with Crippen molar-refractivity contribution in [3.05, 3.63) is 23.5 Å². The summed E-state index contributed by atoms with van der Waals surface area (Å²) in [7, 11) is 0. The van der Waals surface area contributed by atoms with Crippen molar-refractivity contribution >= 4 is 17.5 Å². The molecule has 1 saturated heterocycles. The highest BCUT2D eigenvalue weighted by atomic mass is 35.5. The van der Waals surface area contributed by atoms with E-state index in [4.69, 9.17) is 16.3 Å². The topological polar surface area (TPSA) is 41.6 Å². The van der Waals surface area contributed by atoms with Gasteiger partial charge in [0, 0.05) is 24.9 Å². The number of halogens is 1. The first-order valence-electron chi connectivity index (χ1n) is 16.5. The van der Waals surface area contributed by atoms with Crippen LogP contribution in [0.4, 0.5) is 0 Å². The molecule has 0 radical (unpaired) electrons. The second-order valence-corrected chi connectivity index (χ2v) is 15.0. The molecule has 0 spiro atoms. The van der Waals surface area contributed by atoms with Gasteiger partial charge in [0.15, 0.2) is 0 Å². The number of piperidine rings is 1. The zero-order valence-corrected chi connectivity index (χ0v) is 25.7. The maximum Gasteiger partial charge on any atom is 0.240 e. The Bertz CT molecular complexity index is 862. The third-order valence-corrected chi connectivity index (χ3v) is 11.4. The fourth-order valence-corrected chi connectivity index (χ4v) is 8.77. The van der Waals surface area contributed by atoms with Crippen molar-refractivity contribution in [2.75, 3.05) is 26.2 Å². The van der Waals surface area contributed by atoms with Gasteiger partial charge in [-0.25, -0.2) is 0 Å². The molecule has 39 heavy (non-hydrogen) atoms. The summed E-state index contributed by atoms with van der Waals surface area (Å²) in [6.45, 7) is 8.48. The zero-order valence-electron chi connectivity index (χ0n) is 24.9. The van der Waals surface area contributed by atoms with E-state index < -0.39 is 0 Å². The Morgan fingerprint density at radius 2 is 1.67 bits per heavy atom. The van der Waals surface area contributed by atoms with Crippen LogP contribution in [0.25, 0.3) is 0 Å². The van der Waals surface area contributed by atoms with Gasteiger partial charge in [-0.3, -0.25) is 4.79 Å². The van der Waals surface area contributed by atoms with E-state index in [0.29, 0.717) is 17.2 Å². The number of nitrogens with zero attached hydrogens (tertiary/aromatic N) is 1. The lowest BCUT2D eigenvalue weighted by atomic mass is 9.64. The predicted molar refractivity (Wildman–Crippen MR) is 162 cm³/mol. The number of nitrogens with one attached hydrogen (secondary N) is 1. The number of allylic oxidation sites excluding steroid dienone is 3. The highest BCUT2D eigenvalue weighted by Crippen LogP contribution is 2.45. The van der Waals surface area contributed by atoms with E-state index in [9.17, 15) is 4.79 Å². The van der Waals surface area contributed by atoms with E-state index in [2.05, 4.69) is 36.2 Å². The van der Waals surface area contributed by atoms with Crippen molar-refractivity contribution < 1.29 is 9.53 Å². The summed E-state index contributed by atoms with van der Waals surface area (Å²) in [5, 5.41) is 4.16. The highest BCUT2D eigenvalue weighted by molar-refractivity contribution is 6.20. The van der Waals surface area contributed by atoms with E-state index >= 15 is 0 Å². The average Bonchev–Trinajstić information content (AvgIpc) is 3.65. The molecule has 0 bridgehead atoms. The molecule has 4 aliphatic carbocycles. The van der Waals surface area contributed by atoms with Crippen LogP contribution < -0.4 is 5.32 Å². The first-order chi connectivity index (χ1) is 18.9. The van der Waals surface area contributed by atoms with Gasteiger partial charge in [0.2, 0.25) is 5.91 Å². The van der Waals surface area contributed by atoms with Gasteiger partial charge < -0.3 is 15.0 Å². The van der Waals surface area contributed by atoms with E-state index in [0.717, 1.165) is 88.3 Å². The van der Waals surface area contributed by atoms with Gasteiger partial charge in [-0.1, -0.05) is 51.2 Å². The highest BCUT2D eigenvalue weighted by Gasteiger charge is 2.43. The molecule has 0 aromatic heterocycles. The quantitative estimate of drug-likeness (QED) is 0.276. The molecular formula is C34H55ClN2O2. The fourth-order valence-electron chi connectivity index (χ4n) is 8.52. The molecule has 1 heterocycles. The van der Waals surface area contributed by atoms with Gasteiger partial charge in [-0.2, -0.15) is 0 Å². The minimum Gasteiger partial charge on any atom is -0.498 e. The number of amides is 1. The molecule has 5 rings (SSSR count). The van der Waals surface area contributed by atoms with Crippen molar-refractivity contribution in [1.82, 2.24) is 10.2 Å². The molecule has 0 aromatic rings. The largest absolute Gasteiger partial charge is 0.498 e. The first kappa shape index (κ1) is 29.5. The van der Waals surface area contributed by atoms with Crippen LogP contribution >= 0.6 is 11.6 Å². The first-order valence-corrected chi connectivity index (χ1v) is 17.0. The fraction of sp³-hybridized carbons (Fsp3) is 0.853. The summed E-state index contributed by atoms with van der Waals surface area (Å²) < 4.78 is 6.18. The van der Waals surface area contributed by atoms with Crippen molar-refractivity contribution in [1.29, 1.82) is 0 Å². The van der Waals surface area contributed by atoms with Crippen molar-refractivity contribution in [3.8, 4) is 0 Å². The smallest absolute Gasteiger partial charge is 0.240 e. The van der Waals surface area contributed by atoms with Crippen LogP contribution in [0, 0.1) is 29.1 Å². The van der Waals surface area contributed by atoms with Crippen LogP contribution in [0.1, 0.15) is 117 Å². The van der Waals surface area contributed by atoms with Crippen LogP contribution in [-0.4, -0.2) is 48.5 Å². The van der Waals surface area contributed by atoms with Gasteiger partial charge in [0.05, 0.1) is 18.4 Å². The lowest BCUT2D eigenvalue weighted by molar-refractivity contribution is -0.139. The van der Waals surface area contributed by atoms with E-state index in [1.165, 1.54) is 69.8 Å². The second-order valence-electron chi connectivity index (χ2n) is 14.4. The average molecular weight is 559 g/mol. The number of rotatable bonds is 10. The van der Waals surface area contributed by atoms with Crippen LogP contribution in [0.3, 0.4) is 0 Å². The molecule has 1 amide bonds. The Balaban J connectivity index is 1.19. The maximum absolute atomic E-state index is 14.1. The molecule has 5 aliphatic rings. The molecule has 220 valence electrons. The van der Waals surface area contributed by atoms with Crippen molar-refractivity contribution in [3.63, 3.8) is 0 Å². The summed E-state index contributed by atoms with van der Waals surface area (Å²) in [6.07, 6.45) is 23.9. The lowest BCUT2D eigenvalue weighted by Gasteiger charge is -2.49. The summed E-state index contributed by atoms with van der Waals surface area (Å²) in [5.41, 5.74) is 1.55. The molecule has 1 N–H and O–H groups in total. The predicted octanol–water partition coefficient (Wildman–Crippen LogP) is 8.01. The Labute approximate surface area is 243 Å². The number of likely N-dealkylation sites (tertiary alicyclic amines) is 1. The van der Waals surface area contributed by atoms with Crippen molar-refractivity contribution in [2.24, 2.45) is 29.1 Å². The molecule has 2 atom stereocenters. The minimum atomic E-state index is -0.106. The van der Waals surface area contributed by atoms with Gasteiger partial charge >= 0.3 is 0 Å². The zero-order chi connectivity index (χ0) is 27.2. The maximum atomic E-state index is 14.1.